The maximum Gasteiger partial charge on any atom is 0.0992 e. The monoisotopic (exact) mass is 410 g/mol. The lowest BCUT2D eigenvalue weighted by Crippen LogP contribution is -2.23. The van der Waals surface area contributed by atoms with Crippen LogP contribution in [0, 0.1) is 11.3 Å². The highest BCUT2D eigenvalue weighted by Gasteiger charge is 2.18. The van der Waals surface area contributed by atoms with E-state index in [0.717, 1.165) is 30.8 Å². The fraction of sp³-hybridized carbons (Fsp3) is 0.278. The predicted octanol–water partition coefficient (Wildman–Crippen LogP) is 5.52. The first-order valence-electron chi connectivity index (χ1n) is 7.92. The zero-order valence-electron chi connectivity index (χ0n) is 13.4. The number of piperidine rings is 1. The van der Waals surface area contributed by atoms with Gasteiger partial charge < -0.3 is 0 Å². The van der Waals surface area contributed by atoms with Crippen LogP contribution in [0.5, 0.6) is 0 Å². The Morgan fingerprint density at radius 3 is 2.36 bits per heavy atom. The maximum absolute atomic E-state index is 13.1. The number of benzene rings is 2. The van der Waals surface area contributed by atoms with E-state index in [1.165, 1.54) is 6.42 Å². The molecule has 130 valence electrons. The minimum Gasteiger partial charge on any atom is -0.249 e. The van der Waals surface area contributed by atoms with Crippen molar-refractivity contribution in [2.24, 2.45) is 0 Å². The molecule has 25 heavy (non-hydrogen) atoms. The molecule has 0 aliphatic carbocycles. The molecular formula is C18H16Cl2N2OS2. The second-order valence-corrected chi connectivity index (χ2v) is 9.19. The standard InChI is InChI=1S/C18H16Cl2N2OS2/c19-14-9-15(20)11-16(10-14)25(23)18-5-4-13(12-21)8-17(18)24-22-6-2-1-3-7-22/h4-5,8-11H,1-3,6-7H2. The van der Waals surface area contributed by atoms with Gasteiger partial charge >= 0.3 is 0 Å². The van der Waals surface area contributed by atoms with E-state index >= 15 is 0 Å². The number of nitrogens with zero attached hydrogens (tertiary/aromatic N) is 2. The van der Waals surface area contributed by atoms with Crippen LogP contribution in [0.2, 0.25) is 10.0 Å². The smallest absolute Gasteiger partial charge is 0.0992 e. The van der Waals surface area contributed by atoms with Gasteiger partial charge in [-0.3, -0.25) is 0 Å². The molecule has 0 radical (unpaired) electrons. The molecule has 0 N–H and O–H groups in total. The Labute approximate surface area is 164 Å². The van der Waals surface area contributed by atoms with Crippen LogP contribution in [0.1, 0.15) is 24.8 Å². The fourth-order valence-electron chi connectivity index (χ4n) is 2.66. The Kier molecular flexibility index (Phi) is 6.43. The summed E-state index contributed by atoms with van der Waals surface area (Å²) in [6.07, 6.45) is 3.57. The van der Waals surface area contributed by atoms with Crippen molar-refractivity contribution in [3.63, 3.8) is 0 Å². The summed E-state index contributed by atoms with van der Waals surface area (Å²) in [4.78, 5) is 2.07. The average molecular weight is 411 g/mol. The zero-order valence-corrected chi connectivity index (χ0v) is 16.5. The summed E-state index contributed by atoms with van der Waals surface area (Å²) < 4.78 is 15.4. The van der Waals surface area contributed by atoms with Gasteiger partial charge in [-0.05, 0) is 61.2 Å². The molecule has 0 spiro atoms. The van der Waals surface area contributed by atoms with Crippen molar-refractivity contribution in [1.29, 1.82) is 5.26 Å². The second kappa shape index (κ2) is 8.57. The van der Waals surface area contributed by atoms with Gasteiger partial charge in [0.15, 0.2) is 0 Å². The first-order chi connectivity index (χ1) is 12.1. The Morgan fingerprint density at radius 1 is 1.04 bits per heavy atom. The zero-order chi connectivity index (χ0) is 17.8. The van der Waals surface area contributed by atoms with E-state index in [2.05, 4.69) is 10.4 Å². The molecule has 3 nitrogen and oxygen atoms in total. The molecule has 1 atom stereocenters. The first-order valence-corrected chi connectivity index (χ1v) is 10.6. The molecule has 0 aromatic heterocycles. The average Bonchev–Trinajstić information content (AvgIpc) is 2.61. The van der Waals surface area contributed by atoms with Crippen LogP contribution in [0.25, 0.3) is 0 Å². The molecule has 1 unspecified atom stereocenters. The van der Waals surface area contributed by atoms with Crippen LogP contribution < -0.4 is 0 Å². The Bertz CT molecular complexity index is 825. The Morgan fingerprint density at radius 2 is 1.72 bits per heavy atom. The van der Waals surface area contributed by atoms with Gasteiger partial charge in [0.25, 0.3) is 0 Å². The van der Waals surface area contributed by atoms with Gasteiger partial charge in [-0.1, -0.05) is 29.6 Å². The summed E-state index contributed by atoms with van der Waals surface area (Å²) in [5.74, 6) is 0. The third-order valence-corrected chi connectivity index (χ3v) is 7.01. The molecule has 7 heteroatoms. The highest BCUT2D eigenvalue weighted by atomic mass is 35.5. The minimum atomic E-state index is -1.42. The highest BCUT2D eigenvalue weighted by molar-refractivity contribution is 7.97. The van der Waals surface area contributed by atoms with E-state index < -0.39 is 10.8 Å². The lowest BCUT2D eigenvalue weighted by molar-refractivity contribution is 0.380. The quantitative estimate of drug-likeness (QED) is 0.621. The van der Waals surface area contributed by atoms with Crippen LogP contribution in [-0.4, -0.2) is 21.6 Å². The number of hydrogen-bond acceptors (Lipinski definition) is 4. The molecule has 1 fully saturated rings. The van der Waals surface area contributed by atoms with Crippen molar-refractivity contribution in [1.82, 2.24) is 4.31 Å². The largest absolute Gasteiger partial charge is 0.249 e. The van der Waals surface area contributed by atoms with Crippen LogP contribution in [0.3, 0.4) is 0 Å². The van der Waals surface area contributed by atoms with Crippen LogP contribution >= 0.6 is 35.1 Å². The second-order valence-electron chi connectivity index (χ2n) is 5.73. The summed E-state index contributed by atoms with van der Waals surface area (Å²) in [5, 5.41) is 10.1. The normalized spacial score (nSPS) is 16.4. The van der Waals surface area contributed by atoms with E-state index in [0.29, 0.717) is 25.4 Å². The third kappa shape index (κ3) is 4.78. The van der Waals surface area contributed by atoms with Crippen molar-refractivity contribution in [2.75, 3.05) is 13.1 Å². The van der Waals surface area contributed by atoms with Crippen molar-refractivity contribution in [3.05, 3.63) is 52.0 Å². The maximum atomic E-state index is 13.1. The molecule has 0 saturated carbocycles. The molecule has 0 amide bonds. The summed E-state index contributed by atoms with van der Waals surface area (Å²) >= 11 is 13.7. The number of hydrogen-bond donors (Lipinski definition) is 0. The fourth-order valence-corrected chi connectivity index (χ4v) is 5.87. The Hall–Kier alpha value is -1.03. The molecule has 2 aromatic carbocycles. The van der Waals surface area contributed by atoms with E-state index in [-0.39, 0.29) is 0 Å². The lowest BCUT2D eigenvalue weighted by Gasteiger charge is -2.25. The highest BCUT2D eigenvalue weighted by Crippen LogP contribution is 2.34. The first kappa shape index (κ1) is 18.8. The van der Waals surface area contributed by atoms with Gasteiger partial charge in [0, 0.05) is 32.9 Å². The molecule has 3 rings (SSSR count). The third-order valence-electron chi connectivity index (χ3n) is 3.87. The summed E-state index contributed by atoms with van der Waals surface area (Å²) in [6.45, 7) is 1.99. The van der Waals surface area contributed by atoms with Crippen LogP contribution in [0.15, 0.2) is 51.1 Å². The van der Waals surface area contributed by atoms with Gasteiger partial charge in [-0.15, -0.1) is 0 Å². The molecule has 1 heterocycles. The van der Waals surface area contributed by atoms with Gasteiger partial charge in [0.1, 0.15) is 0 Å². The van der Waals surface area contributed by atoms with Crippen molar-refractivity contribution in [3.8, 4) is 6.07 Å². The summed E-state index contributed by atoms with van der Waals surface area (Å²) in [7, 11) is -1.42. The SMILES string of the molecule is N#Cc1ccc(S(=O)c2cc(Cl)cc(Cl)c2)c(SN2CCCCC2)c1. The van der Waals surface area contributed by atoms with Crippen molar-refractivity contribution >= 4 is 45.9 Å². The van der Waals surface area contributed by atoms with Crippen LogP contribution in [0.4, 0.5) is 0 Å². The summed E-state index contributed by atoms with van der Waals surface area (Å²) in [6, 6.07) is 12.4. The molecule has 2 aromatic rings. The number of rotatable bonds is 4. The van der Waals surface area contributed by atoms with Gasteiger partial charge in [0.05, 0.1) is 27.3 Å². The Balaban J connectivity index is 1.96. The minimum absolute atomic E-state index is 0.453. The van der Waals surface area contributed by atoms with Gasteiger partial charge in [-0.25, -0.2) is 8.51 Å². The van der Waals surface area contributed by atoms with E-state index in [4.69, 9.17) is 23.2 Å². The molecule has 1 aliphatic rings. The number of nitriles is 1. The number of halogens is 2. The lowest BCUT2D eigenvalue weighted by atomic mass is 10.2. The van der Waals surface area contributed by atoms with Crippen LogP contribution in [-0.2, 0) is 10.8 Å². The van der Waals surface area contributed by atoms with Gasteiger partial charge in [0.2, 0.25) is 0 Å². The molecule has 0 bridgehead atoms. The van der Waals surface area contributed by atoms with Gasteiger partial charge in [-0.2, -0.15) is 5.26 Å². The predicted molar refractivity (Wildman–Crippen MR) is 104 cm³/mol. The van der Waals surface area contributed by atoms with E-state index in [9.17, 15) is 9.47 Å². The summed E-state index contributed by atoms with van der Waals surface area (Å²) in [5.41, 5.74) is 0.560. The van der Waals surface area contributed by atoms with Crippen molar-refractivity contribution < 1.29 is 4.21 Å². The molecular weight excluding hydrogens is 395 g/mol. The van der Waals surface area contributed by atoms with E-state index in [1.54, 1.807) is 48.3 Å². The topological polar surface area (TPSA) is 44.1 Å². The van der Waals surface area contributed by atoms with E-state index in [1.807, 2.05) is 0 Å². The molecule has 1 aliphatic heterocycles. The molecule has 1 saturated heterocycles. The van der Waals surface area contributed by atoms with Crippen molar-refractivity contribution in [2.45, 2.75) is 33.9 Å².